The summed E-state index contributed by atoms with van der Waals surface area (Å²) in [6.45, 7) is 2.44. The summed E-state index contributed by atoms with van der Waals surface area (Å²) >= 11 is 0. The van der Waals surface area contributed by atoms with Crippen molar-refractivity contribution in [2.45, 2.75) is 45.1 Å². The second-order valence-electron chi connectivity index (χ2n) is 7.15. The highest BCUT2D eigenvalue weighted by molar-refractivity contribution is 6.10. The van der Waals surface area contributed by atoms with Crippen molar-refractivity contribution in [3.8, 4) is 5.75 Å². The van der Waals surface area contributed by atoms with Crippen LogP contribution in [0.2, 0.25) is 0 Å². The minimum absolute atomic E-state index is 0.120. The van der Waals surface area contributed by atoms with Gasteiger partial charge in [0.15, 0.2) is 0 Å². The van der Waals surface area contributed by atoms with Crippen LogP contribution in [0, 0.1) is 0 Å². The quantitative estimate of drug-likeness (QED) is 0.807. The van der Waals surface area contributed by atoms with Gasteiger partial charge in [0.05, 0.1) is 17.9 Å². The number of hydrogen-bond donors (Lipinski definition) is 1. The minimum atomic E-state index is -0.181. The Bertz CT molecular complexity index is 828. The lowest BCUT2D eigenvalue weighted by molar-refractivity contribution is 0.0928. The van der Waals surface area contributed by atoms with Crippen LogP contribution in [-0.2, 0) is 0 Å². The molecular weight excluding hydrogens is 352 g/mol. The molecule has 2 aromatic carbocycles. The van der Waals surface area contributed by atoms with E-state index in [-0.39, 0.29) is 17.9 Å². The second kappa shape index (κ2) is 9.40. The Kier molecular flexibility index (Phi) is 6.69. The smallest absolute Gasteiger partial charge is 0.258 e. The third kappa shape index (κ3) is 4.71. The lowest BCUT2D eigenvalue weighted by atomic mass is 9.95. The molecule has 1 saturated carbocycles. The van der Waals surface area contributed by atoms with E-state index < -0.39 is 0 Å². The van der Waals surface area contributed by atoms with Gasteiger partial charge in [0.25, 0.3) is 11.8 Å². The Morgan fingerprint density at radius 2 is 1.82 bits per heavy atom. The van der Waals surface area contributed by atoms with Crippen LogP contribution in [-0.4, -0.2) is 31.5 Å². The molecule has 0 unspecified atom stereocenters. The molecule has 0 radical (unpaired) electrons. The van der Waals surface area contributed by atoms with Crippen molar-refractivity contribution in [2.75, 3.05) is 18.6 Å². The molecule has 5 heteroatoms. The average molecular weight is 380 g/mol. The molecule has 0 aromatic heterocycles. The van der Waals surface area contributed by atoms with E-state index in [1.807, 2.05) is 25.1 Å². The van der Waals surface area contributed by atoms with Crippen LogP contribution in [0.5, 0.6) is 5.75 Å². The van der Waals surface area contributed by atoms with Gasteiger partial charge < -0.3 is 15.0 Å². The van der Waals surface area contributed by atoms with Crippen LogP contribution < -0.4 is 15.0 Å². The first-order valence-corrected chi connectivity index (χ1v) is 10.0. The predicted octanol–water partition coefficient (Wildman–Crippen LogP) is 4.42. The fourth-order valence-corrected chi connectivity index (χ4v) is 3.66. The molecular formula is C23H28N2O3. The van der Waals surface area contributed by atoms with Crippen LogP contribution in [0.25, 0.3) is 0 Å². The van der Waals surface area contributed by atoms with E-state index in [1.165, 1.54) is 11.3 Å². The van der Waals surface area contributed by atoms with Crippen LogP contribution in [0.3, 0.4) is 0 Å². The first-order chi connectivity index (χ1) is 13.6. The van der Waals surface area contributed by atoms with Gasteiger partial charge in [-0.15, -0.1) is 0 Å². The van der Waals surface area contributed by atoms with E-state index in [4.69, 9.17) is 4.74 Å². The van der Waals surface area contributed by atoms with Gasteiger partial charge in [0.1, 0.15) is 5.75 Å². The number of rotatable bonds is 6. The number of nitrogens with zero attached hydrogens (tertiary/aromatic N) is 1. The van der Waals surface area contributed by atoms with Gasteiger partial charge >= 0.3 is 0 Å². The maximum absolute atomic E-state index is 13.0. The maximum atomic E-state index is 13.0. The number of amides is 2. The average Bonchev–Trinajstić information content (AvgIpc) is 2.74. The Labute approximate surface area is 166 Å². The number of carbonyl (C=O) groups excluding carboxylic acids is 2. The molecule has 148 valence electrons. The number of ether oxygens (including phenoxy) is 1. The topological polar surface area (TPSA) is 58.6 Å². The summed E-state index contributed by atoms with van der Waals surface area (Å²) in [5.74, 6) is 0.356. The highest BCUT2D eigenvalue weighted by Gasteiger charge is 2.22. The van der Waals surface area contributed by atoms with Crippen LogP contribution in [0.4, 0.5) is 5.69 Å². The van der Waals surface area contributed by atoms with Crippen LogP contribution >= 0.6 is 0 Å². The van der Waals surface area contributed by atoms with E-state index in [1.54, 1.807) is 37.4 Å². The second-order valence-corrected chi connectivity index (χ2v) is 7.15. The van der Waals surface area contributed by atoms with Crippen molar-refractivity contribution in [1.29, 1.82) is 0 Å². The molecule has 2 aromatic rings. The molecule has 0 atom stereocenters. The zero-order chi connectivity index (χ0) is 19.9. The number of benzene rings is 2. The summed E-state index contributed by atoms with van der Waals surface area (Å²) < 4.78 is 5.49. The zero-order valence-corrected chi connectivity index (χ0v) is 16.6. The number of para-hydroxylation sites is 1. The van der Waals surface area contributed by atoms with E-state index in [0.29, 0.717) is 29.2 Å². The van der Waals surface area contributed by atoms with Crippen molar-refractivity contribution in [2.24, 2.45) is 0 Å². The molecule has 0 bridgehead atoms. The Morgan fingerprint density at radius 3 is 2.57 bits per heavy atom. The van der Waals surface area contributed by atoms with Crippen molar-refractivity contribution in [3.05, 3.63) is 59.7 Å². The normalized spacial score (nSPS) is 14.4. The monoisotopic (exact) mass is 380 g/mol. The molecule has 5 nitrogen and oxygen atoms in total. The third-order valence-electron chi connectivity index (χ3n) is 5.15. The van der Waals surface area contributed by atoms with Gasteiger partial charge in [-0.2, -0.15) is 0 Å². The first-order valence-electron chi connectivity index (χ1n) is 10.0. The summed E-state index contributed by atoms with van der Waals surface area (Å²) in [5, 5.41) is 3.14. The third-order valence-corrected chi connectivity index (χ3v) is 5.15. The van der Waals surface area contributed by atoms with Gasteiger partial charge in [-0.3, -0.25) is 9.59 Å². The van der Waals surface area contributed by atoms with Crippen molar-refractivity contribution in [3.63, 3.8) is 0 Å². The molecule has 1 fully saturated rings. The molecule has 28 heavy (non-hydrogen) atoms. The van der Waals surface area contributed by atoms with Crippen molar-refractivity contribution < 1.29 is 14.3 Å². The Morgan fingerprint density at radius 1 is 1.07 bits per heavy atom. The van der Waals surface area contributed by atoms with Gasteiger partial charge in [-0.25, -0.2) is 0 Å². The largest absolute Gasteiger partial charge is 0.494 e. The van der Waals surface area contributed by atoms with E-state index >= 15 is 0 Å². The number of anilines is 1. The zero-order valence-electron chi connectivity index (χ0n) is 16.6. The van der Waals surface area contributed by atoms with E-state index in [0.717, 1.165) is 25.7 Å². The van der Waals surface area contributed by atoms with Gasteiger partial charge in [0, 0.05) is 18.7 Å². The maximum Gasteiger partial charge on any atom is 0.258 e. The number of carbonyl (C=O) groups is 2. The molecule has 1 aliphatic carbocycles. The van der Waals surface area contributed by atoms with Crippen LogP contribution in [0.15, 0.2) is 48.5 Å². The SMILES string of the molecule is CCOc1cccc(C(=O)N(C)c2ccccc2C(=O)NC2CCCCC2)c1. The molecule has 0 heterocycles. The molecule has 0 saturated heterocycles. The fraction of sp³-hybridized carbons (Fsp3) is 0.391. The predicted molar refractivity (Wildman–Crippen MR) is 111 cm³/mol. The summed E-state index contributed by atoms with van der Waals surface area (Å²) in [5.41, 5.74) is 1.64. The first kappa shape index (κ1) is 19.9. The molecule has 3 rings (SSSR count). The molecule has 1 aliphatic rings. The number of nitrogens with one attached hydrogen (secondary N) is 1. The lowest BCUT2D eigenvalue weighted by Gasteiger charge is -2.25. The Hall–Kier alpha value is -2.82. The van der Waals surface area contributed by atoms with Crippen molar-refractivity contribution >= 4 is 17.5 Å². The Balaban J connectivity index is 1.80. The van der Waals surface area contributed by atoms with E-state index in [2.05, 4.69) is 5.32 Å². The summed E-state index contributed by atoms with van der Waals surface area (Å²) in [7, 11) is 1.70. The van der Waals surface area contributed by atoms with Gasteiger partial charge in [-0.1, -0.05) is 37.5 Å². The molecule has 1 N–H and O–H groups in total. The number of hydrogen-bond acceptors (Lipinski definition) is 3. The summed E-state index contributed by atoms with van der Waals surface area (Å²) in [4.78, 5) is 27.4. The molecule has 0 spiro atoms. The fourth-order valence-electron chi connectivity index (χ4n) is 3.66. The summed E-state index contributed by atoms with van der Waals surface area (Å²) in [6.07, 6.45) is 5.59. The highest BCUT2D eigenvalue weighted by atomic mass is 16.5. The minimum Gasteiger partial charge on any atom is -0.494 e. The molecule has 2 amide bonds. The van der Waals surface area contributed by atoms with E-state index in [9.17, 15) is 9.59 Å². The van der Waals surface area contributed by atoms with Gasteiger partial charge in [-0.05, 0) is 50.1 Å². The summed E-state index contributed by atoms with van der Waals surface area (Å²) in [6, 6.07) is 14.6. The van der Waals surface area contributed by atoms with Crippen LogP contribution in [0.1, 0.15) is 59.7 Å². The van der Waals surface area contributed by atoms with Gasteiger partial charge in [0.2, 0.25) is 0 Å². The molecule has 0 aliphatic heterocycles. The van der Waals surface area contributed by atoms with Crippen molar-refractivity contribution in [1.82, 2.24) is 5.32 Å². The lowest BCUT2D eigenvalue weighted by Crippen LogP contribution is -2.37. The standard InChI is InChI=1S/C23H28N2O3/c1-3-28-19-13-9-10-17(16-19)23(27)25(2)21-15-8-7-14-20(21)22(26)24-18-11-5-4-6-12-18/h7-10,13-16,18H,3-6,11-12H2,1-2H3,(H,24,26). The highest BCUT2D eigenvalue weighted by Crippen LogP contribution is 2.24.